The molecule has 0 fully saturated rings. The summed E-state index contributed by atoms with van der Waals surface area (Å²) in [5.74, 6) is -2.10. The number of esters is 1. The molecule has 2 atom stereocenters. The predicted octanol–water partition coefficient (Wildman–Crippen LogP) is 3.24. The number of ether oxygens (including phenoxy) is 1. The Balaban J connectivity index is 5.50. The van der Waals surface area contributed by atoms with Crippen molar-refractivity contribution in [3.63, 3.8) is 0 Å². The standard InChI is InChI=1S/C10H13F6IO3/c1-3-6(20-7(18)5(2)4-17)8(19,9(11,12)13)10(14,15)16/h5-6,19H,3-4H2,1-2H3. The normalized spacial score (nSPS) is 16.7. The van der Waals surface area contributed by atoms with Crippen molar-refractivity contribution in [2.45, 2.75) is 44.3 Å². The number of hydrogen-bond donors (Lipinski definition) is 1. The molecule has 120 valence electrons. The van der Waals surface area contributed by atoms with Gasteiger partial charge in [-0.1, -0.05) is 36.4 Å². The van der Waals surface area contributed by atoms with Crippen molar-refractivity contribution < 1.29 is 41.0 Å². The van der Waals surface area contributed by atoms with Gasteiger partial charge in [-0.05, 0) is 6.42 Å². The van der Waals surface area contributed by atoms with Gasteiger partial charge in [0, 0.05) is 4.43 Å². The average Bonchev–Trinajstić information content (AvgIpc) is 2.30. The Bertz CT molecular complexity index is 327. The van der Waals surface area contributed by atoms with Crippen LogP contribution in [0.1, 0.15) is 20.3 Å². The highest BCUT2D eigenvalue weighted by Crippen LogP contribution is 2.47. The third-order valence-electron chi connectivity index (χ3n) is 2.59. The molecule has 20 heavy (non-hydrogen) atoms. The maximum Gasteiger partial charge on any atom is 0.430 e. The Kier molecular flexibility index (Phi) is 6.58. The van der Waals surface area contributed by atoms with E-state index >= 15 is 0 Å². The summed E-state index contributed by atoms with van der Waals surface area (Å²) >= 11 is 1.73. The third-order valence-corrected chi connectivity index (χ3v) is 3.91. The number of rotatable bonds is 5. The van der Waals surface area contributed by atoms with E-state index in [4.69, 9.17) is 5.11 Å². The average molecular weight is 422 g/mol. The van der Waals surface area contributed by atoms with Crippen molar-refractivity contribution in [3.05, 3.63) is 0 Å². The van der Waals surface area contributed by atoms with Crippen molar-refractivity contribution in [3.8, 4) is 0 Å². The van der Waals surface area contributed by atoms with Crippen LogP contribution in [-0.2, 0) is 9.53 Å². The molecule has 0 aliphatic heterocycles. The highest BCUT2D eigenvalue weighted by Gasteiger charge is 2.75. The Morgan fingerprint density at radius 2 is 1.60 bits per heavy atom. The summed E-state index contributed by atoms with van der Waals surface area (Å²) < 4.78 is 80.0. The van der Waals surface area contributed by atoms with Gasteiger partial charge in [-0.25, -0.2) is 0 Å². The van der Waals surface area contributed by atoms with Gasteiger partial charge in [0.05, 0.1) is 5.92 Å². The molecular formula is C10H13F6IO3. The minimum absolute atomic E-state index is 0.156. The zero-order valence-corrected chi connectivity index (χ0v) is 12.6. The van der Waals surface area contributed by atoms with E-state index in [9.17, 15) is 31.1 Å². The molecule has 0 bridgehead atoms. The fourth-order valence-electron chi connectivity index (χ4n) is 1.31. The number of carbonyl (C=O) groups is 1. The topological polar surface area (TPSA) is 46.5 Å². The van der Waals surface area contributed by atoms with E-state index in [1.54, 1.807) is 22.6 Å². The van der Waals surface area contributed by atoms with E-state index in [1.807, 2.05) is 0 Å². The molecule has 1 N–H and O–H groups in total. The molecule has 2 unspecified atom stereocenters. The number of halogens is 7. The number of hydrogen-bond acceptors (Lipinski definition) is 3. The van der Waals surface area contributed by atoms with E-state index in [0.717, 1.165) is 6.92 Å². The first-order chi connectivity index (χ1) is 8.82. The molecule has 0 heterocycles. The van der Waals surface area contributed by atoms with Crippen LogP contribution in [-0.4, -0.2) is 39.6 Å². The molecular weight excluding hydrogens is 409 g/mol. The van der Waals surface area contributed by atoms with Crippen LogP contribution in [0, 0.1) is 5.92 Å². The molecule has 0 spiro atoms. The van der Waals surface area contributed by atoms with Crippen molar-refractivity contribution in [1.29, 1.82) is 0 Å². The summed E-state index contributed by atoms with van der Waals surface area (Å²) in [5, 5.41) is 9.12. The molecule has 0 amide bonds. The van der Waals surface area contributed by atoms with Crippen LogP contribution < -0.4 is 0 Å². The number of alkyl halides is 7. The number of aliphatic hydroxyl groups is 1. The number of carbonyl (C=O) groups excluding carboxylic acids is 1. The highest BCUT2D eigenvalue weighted by atomic mass is 127. The first-order valence-electron chi connectivity index (χ1n) is 5.45. The van der Waals surface area contributed by atoms with Gasteiger partial charge in [0.1, 0.15) is 6.10 Å². The minimum atomic E-state index is -6.01. The lowest BCUT2D eigenvalue weighted by atomic mass is 9.92. The Morgan fingerprint density at radius 3 is 1.85 bits per heavy atom. The second-order valence-electron chi connectivity index (χ2n) is 4.15. The van der Waals surface area contributed by atoms with Crippen LogP contribution >= 0.6 is 22.6 Å². The van der Waals surface area contributed by atoms with Crippen molar-refractivity contribution in [2.75, 3.05) is 4.43 Å². The second-order valence-corrected chi connectivity index (χ2v) is 5.03. The Labute approximate surface area is 124 Å². The zero-order valence-electron chi connectivity index (χ0n) is 10.5. The molecule has 0 saturated heterocycles. The minimum Gasteiger partial charge on any atom is -0.458 e. The third kappa shape index (κ3) is 3.89. The molecule has 10 heteroatoms. The zero-order chi connectivity index (χ0) is 16.4. The second kappa shape index (κ2) is 6.67. The summed E-state index contributed by atoms with van der Waals surface area (Å²) in [7, 11) is 0. The van der Waals surface area contributed by atoms with Crippen LogP contribution in [0.2, 0.25) is 0 Å². The largest absolute Gasteiger partial charge is 0.458 e. The molecule has 0 radical (unpaired) electrons. The van der Waals surface area contributed by atoms with Gasteiger partial charge in [0.25, 0.3) is 5.60 Å². The van der Waals surface area contributed by atoms with Gasteiger partial charge in [-0.3, -0.25) is 4.79 Å². The summed E-state index contributed by atoms with van der Waals surface area (Å²) in [6, 6.07) is 0. The lowest BCUT2D eigenvalue weighted by Crippen LogP contribution is -2.65. The molecule has 0 rings (SSSR count). The van der Waals surface area contributed by atoms with Crippen LogP contribution in [0.5, 0.6) is 0 Å². The highest BCUT2D eigenvalue weighted by molar-refractivity contribution is 14.1. The fraction of sp³-hybridized carbons (Fsp3) is 0.900. The molecule has 0 aliphatic carbocycles. The van der Waals surface area contributed by atoms with Gasteiger partial charge in [0.15, 0.2) is 0 Å². The molecule has 3 nitrogen and oxygen atoms in total. The molecule has 0 aromatic rings. The van der Waals surface area contributed by atoms with Gasteiger partial charge >= 0.3 is 18.3 Å². The van der Waals surface area contributed by atoms with Gasteiger partial charge in [0.2, 0.25) is 0 Å². The summed E-state index contributed by atoms with van der Waals surface area (Å²) in [5.41, 5.74) is -5.09. The van der Waals surface area contributed by atoms with E-state index in [1.165, 1.54) is 6.92 Å². The SMILES string of the molecule is CCC(OC(=O)C(C)CI)C(O)(C(F)(F)F)C(F)(F)F. The van der Waals surface area contributed by atoms with E-state index in [2.05, 4.69) is 4.74 Å². The van der Waals surface area contributed by atoms with Gasteiger partial charge in [-0.2, -0.15) is 26.3 Å². The monoisotopic (exact) mass is 422 g/mol. The summed E-state index contributed by atoms with van der Waals surface area (Å²) in [6.07, 6.45) is -15.6. The first-order valence-corrected chi connectivity index (χ1v) is 6.97. The quantitative estimate of drug-likeness (QED) is 0.321. The fourth-order valence-corrected chi connectivity index (χ4v) is 1.67. The summed E-state index contributed by atoms with van der Waals surface area (Å²) in [6.45, 7) is 2.25. The van der Waals surface area contributed by atoms with E-state index < -0.39 is 42.4 Å². The lowest BCUT2D eigenvalue weighted by Gasteiger charge is -2.37. The van der Waals surface area contributed by atoms with Crippen molar-refractivity contribution in [2.24, 2.45) is 5.92 Å². The molecule has 0 saturated carbocycles. The van der Waals surface area contributed by atoms with Crippen LogP contribution in [0.25, 0.3) is 0 Å². The van der Waals surface area contributed by atoms with Crippen molar-refractivity contribution in [1.82, 2.24) is 0 Å². The van der Waals surface area contributed by atoms with E-state index in [-0.39, 0.29) is 4.43 Å². The van der Waals surface area contributed by atoms with Crippen LogP contribution in [0.15, 0.2) is 0 Å². The smallest absolute Gasteiger partial charge is 0.430 e. The predicted molar refractivity (Wildman–Crippen MR) is 65.3 cm³/mol. The van der Waals surface area contributed by atoms with Crippen LogP contribution in [0.3, 0.4) is 0 Å². The molecule has 0 aromatic carbocycles. The van der Waals surface area contributed by atoms with E-state index in [0.29, 0.717) is 0 Å². The first kappa shape index (κ1) is 19.7. The maximum absolute atomic E-state index is 12.6. The Morgan fingerprint density at radius 1 is 1.20 bits per heavy atom. The summed E-state index contributed by atoms with van der Waals surface area (Å²) in [4.78, 5) is 11.4. The molecule has 0 aromatic heterocycles. The lowest BCUT2D eigenvalue weighted by molar-refractivity contribution is -0.391. The van der Waals surface area contributed by atoms with Gasteiger partial charge in [-0.15, -0.1) is 0 Å². The van der Waals surface area contributed by atoms with Gasteiger partial charge < -0.3 is 9.84 Å². The van der Waals surface area contributed by atoms with Crippen molar-refractivity contribution >= 4 is 28.6 Å². The molecule has 0 aliphatic rings. The Hall–Kier alpha value is -0.260. The maximum atomic E-state index is 12.6. The van der Waals surface area contributed by atoms with Crippen LogP contribution in [0.4, 0.5) is 26.3 Å².